The highest BCUT2D eigenvalue weighted by Crippen LogP contribution is 2.22. The van der Waals surface area contributed by atoms with Crippen molar-refractivity contribution in [2.75, 3.05) is 0 Å². The molecule has 0 saturated carbocycles. The Labute approximate surface area is 137 Å². The molecule has 1 N–H and O–H groups in total. The summed E-state index contributed by atoms with van der Waals surface area (Å²) in [5.41, 5.74) is 2.12. The van der Waals surface area contributed by atoms with Crippen LogP contribution in [0, 0.1) is 12.7 Å². The van der Waals surface area contributed by atoms with Crippen LogP contribution in [0.25, 0.3) is 17.2 Å². The molecule has 122 valence electrons. The minimum Gasteiger partial charge on any atom is -0.476 e. The Balaban J connectivity index is 2.18. The lowest BCUT2D eigenvalue weighted by Gasteiger charge is -2.12. The number of imidazole rings is 1. The van der Waals surface area contributed by atoms with Gasteiger partial charge in [-0.15, -0.1) is 0 Å². The van der Waals surface area contributed by atoms with Gasteiger partial charge in [-0.05, 0) is 25.5 Å². The number of aromatic carboxylic acids is 1. The van der Waals surface area contributed by atoms with Crippen LogP contribution in [-0.2, 0) is 6.42 Å². The second kappa shape index (κ2) is 6.19. The molecule has 3 aromatic rings. The number of rotatable bonds is 4. The molecule has 0 amide bonds. The van der Waals surface area contributed by atoms with Gasteiger partial charge in [0.1, 0.15) is 18.0 Å². The van der Waals surface area contributed by atoms with Crippen molar-refractivity contribution in [2.24, 2.45) is 0 Å². The lowest BCUT2D eigenvalue weighted by atomic mass is 10.1. The number of hydrogen-bond donors (Lipinski definition) is 1. The number of benzene rings is 1. The molecule has 0 bridgehead atoms. The minimum atomic E-state index is -1.11. The summed E-state index contributed by atoms with van der Waals surface area (Å²) in [6, 6.07) is 6.05. The van der Waals surface area contributed by atoms with Gasteiger partial charge in [0.15, 0.2) is 11.5 Å². The third-order valence-corrected chi connectivity index (χ3v) is 3.68. The zero-order valence-corrected chi connectivity index (χ0v) is 13.2. The Morgan fingerprint density at radius 2 is 2.12 bits per heavy atom. The van der Waals surface area contributed by atoms with E-state index in [-0.39, 0.29) is 11.5 Å². The molecule has 0 radical (unpaired) electrons. The van der Waals surface area contributed by atoms with Gasteiger partial charge < -0.3 is 5.11 Å². The van der Waals surface area contributed by atoms with Crippen LogP contribution in [0.1, 0.15) is 28.7 Å². The fourth-order valence-corrected chi connectivity index (χ4v) is 2.45. The molecule has 24 heavy (non-hydrogen) atoms. The van der Waals surface area contributed by atoms with Crippen LogP contribution >= 0.6 is 0 Å². The molecule has 7 heteroatoms. The first-order valence-electron chi connectivity index (χ1n) is 7.40. The number of aryl methyl sites for hydroxylation is 1. The molecule has 1 aromatic carbocycles. The summed E-state index contributed by atoms with van der Waals surface area (Å²) in [6.07, 6.45) is 3.46. The number of carbonyl (C=O) groups is 1. The molecule has 0 aliphatic heterocycles. The Morgan fingerprint density at radius 3 is 2.75 bits per heavy atom. The van der Waals surface area contributed by atoms with E-state index in [0.717, 1.165) is 11.3 Å². The topological polar surface area (TPSA) is 80.9 Å². The first-order valence-corrected chi connectivity index (χ1v) is 7.40. The zero-order chi connectivity index (χ0) is 17.3. The maximum Gasteiger partial charge on any atom is 0.356 e. The number of carboxylic acid groups (broad SMARTS) is 1. The second-order valence-corrected chi connectivity index (χ2v) is 5.28. The van der Waals surface area contributed by atoms with E-state index in [2.05, 4.69) is 15.0 Å². The summed E-state index contributed by atoms with van der Waals surface area (Å²) in [5.74, 6) is -0.563. The molecule has 3 rings (SSSR count). The van der Waals surface area contributed by atoms with Gasteiger partial charge in [-0.2, -0.15) is 0 Å². The Hall–Kier alpha value is -3.09. The predicted octanol–water partition coefficient (Wildman–Crippen LogP) is 3.04. The Kier molecular flexibility index (Phi) is 4.07. The van der Waals surface area contributed by atoms with Crippen LogP contribution in [-0.4, -0.2) is 30.6 Å². The third-order valence-electron chi connectivity index (χ3n) is 3.68. The van der Waals surface area contributed by atoms with Gasteiger partial charge in [0, 0.05) is 23.0 Å². The number of hydrogen-bond acceptors (Lipinski definition) is 4. The largest absolute Gasteiger partial charge is 0.476 e. The summed E-state index contributed by atoms with van der Waals surface area (Å²) in [5, 5.41) is 9.03. The predicted molar refractivity (Wildman–Crippen MR) is 85.6 cm³/mol. The maximum absolute atomic E-state index is 13.5. The highest BCUT2D eigenvalue weighted by Gasteiger charge is 2.15. The van der Waals surface area contributed by atoms with Gasteiger partial charge >= 0.3 is 5.97 Å². The Morgan fingerprint density at radius 1 is 1.33 bits per heavy atom. The minimum absolute atomic E-state index is 0.0710. The van der Waals surface area contributed by atoms with Gasteiger partial charge in [0.2, 0.25) is 0 Å². The van der Waals surface area contributed by atoms with Gasteiger partial charge in [-0.3, -0.25) is 4.57 Å². The molecule has 0 atom stereocenters. The Bertz CT molecular complexity index is 921. The molecular formula is C17H15FN4O2. The van der Waals surface area contributed by atoms with Crippen molar-refractivity contribution in [1.82, 2.24) is 19.5 Å². The highest BCUT2D eigenvalue weighted by atomic mass is 19.1. The van der Waals surface area contributed by atoms with Crippen molar-refractivity contribution in [3.8, 4) is 17.2 Å². The van der Waals surface area contributed by atoms with Crippen LogP contribution in [0.3, 0.4) is 0 Å². The molecule has 0 unspecified atom stereocenters. The molecule has 2 heterocycles. The molecule has 2 aromatic heterocycles. The summed E-state index contributed by atoms with van der Waals surface area (Å²) in [4.78, 5) is 23.9. The number of nitrogens with zero attached hydrogens (tertiary/aromatic N) is 4. The fourth-order valence-electron chi connectivity index (χ4n) is 2.45. The first kappa shape index (κ1) is 15.8. The smallest absolute Gasteiger partial charge is 0.356 e. The van der Waals surface area contributed by atoms with Crippen LogP contribution in [0.2, 0.25) is 0 Å². The van der Waals surface area contributed by atoms with Crippen molar-refractivity contribution in [3.05, 3.63) is 59.6 Å². The second-order valence-electron chi connectivity index (χ2n) is 5.28. The van der Waals surface area contributed by atoms with Crippen molar-refractivity contribution < 1.29 is 14.3 Å². The van der Waals surface area contributed by atoms with Crippen molar-refractivity contribution >= 4 is 5.97 Å². The average molecular weight is 326 g/mol. The standard InChI is InChI=1S/C17H15FN4O2/c1-3-13-10(2)16(22-8-14(17(23)24)19-9-22)21-15(20-13)11-5-4-6-12(18)7-11/h4-9H,3H2,1-2H3,(H,23,24). The normalized spacial score (nSPS) is 10.8. The molecule has 6 nitrogen and oxygen atoms in total. The number of carboxylic acids is 1. The van der Waals surface area contributed by atoms with E-state index in [1.807, 2.05) is 13.8 Å². The molecule has 0 saturated heterocycles. The molecule has 0 spiro atoms. The lowest BCUT2D eigenvalue weighted by molar-refractivity contribution is 0.0691. The quantitative estimate of drug-likeness (QED) is 0.797. The molecule has 0 aliphatic carbocycles. The summed E-state index contributed by atoms with van der Waals surface area (Å²) >= 11 is 0. The van der Waals surface area contributed by atoms with E-state index in [1.54, 1.807) is 16.7 Å². The average Bonchev–Trinajstić information content (AvgIpc) is 3.05. The van der Waals surface area contributed by atoms with Crippen LogP contribution < -0.4 is 0 Å². The van der Waals surface area contributed by atoms with Crippen LogP contribution in [0.4, 0.5) is 4.39 Å². The summed E-state index contributed by atoms with van der Waals surface area (Å²) < 4.78 is 15.0. The number of halogens is 1. The van der Waals surface area contributed by atoms with Crippen molar-refractivity contribution in [3.63, 3.8) is 0 Å². The maximum atomic E-state index is 13.5. The van der Waals surface area contributed by atoms with Gasteiger partial charge in [0.05, 0.1) is 0 Å². The SMILES string of the molecule is CCc1nc(-c2cccc(F)c2)nc(-n2cnc(C(=O)O)c2)c1C. The lowest BCUT2D eigenvalue weighted by Crippen LogP contribution is -2.07. The summed E-state index contributed by atoms with van der Waals surface area (Å²) in [6.45, 7) is 3.83. The van der Waals surface area contributed by atoms with E-state index in [4.69, 9.17) is 5.11 Å². The van der Waals surface area contributed by atoms with E-state index in [9.17, 15) is 9.18 Å². The molecule has 0 aliphatic rings. The van der Waals surface area contributed by atoms with Gasteiger partial charge in [-0.1, -0.05) is 19.1 Å². The number of aromatic nitrogens is 4. The van der Waals surface area contributed by atoms with Crippen molar-refractivity contribution in [1.29, 1.82) is 0 Å². The van der Waals surface area contributed by atoms with E-state index >= 15 is 0 Å². The van der Waals surface area contributed by atoms with Crippen LogP contribution in [0.15, 0.2) is 36.8 Å². The molecular weight excluding hydrogens is 311 g/mol. The molecule has 0 fully saturated rings. The van der Waals surface area contributed by atoms with E-state index in [0.29, 0.717) is 23.6 Å². The van der Waals surface area contributed by atoms with Gasteiger partial charge in [0.25, 0.3) is 0 Å². The fraction of sp³-hybridized carbons (Fsp3) is 0.176. The van der Waals surface area contributed by atoms with Gasteiger partial charge in [-0.25, -0.2) is 24.1 Å². The summed E-state index contributed by atoms with van der Waals surface area (Å²) in [7, 11) is 0. The monoisotopic (exact) mass is 326 g/mol. The van der Waals surface area contributed by atoms with E-state index in [1.165, 1.54) is 24.7 Å². The van der Waals surface area contributed by atoms with Crippen LogP contribution in [0.5, 0.6) is 0 Å². The first-order chi connectivity index (χ1) is 11.5. The highest BCUT2D eigenvalue weighted by molar-refractivity contribution is 5.85. The zero-order valence-electron chi connectivity index (χ0n) is 13.2. The van der Waals surface area contributed by atoms with E-state index < -0.39 is 5.97 Å². The third kappa shape index (κ3) is 2.88. The van der Waals surface area contributed by atoms with Crippen molar-refractivity contribution in [2.45, 2.75) is 20.3 Å².